The zero-order valence-electron chi connectivity index (χ0n) is 14.7. The van der Waals surface area contributed by atoms with E-state index in [1.54, 1.807) is 0 Å². The van der Waals surface area contributed by atoms with Crippen LogP contribution in [0.5, 0.6) is 5.75 Å². The number of pyridine rings is 1. The summed E-state index contributed by atoms with van der Waals surface area (Å²) in [5, 5.41) is 0. The SMILES string of the molecule is CCCCOc1cc(-c2ccncc2CC)cc(C(C)(C)N)c1. The molecule has 1 aromatic carbocycles. The van der Waals surface area contributed by atoms with Crippen molar-refractivity contribution in [2.75, 3.05) is 6.61 Å². The van der Waals surface area contributed by atoms with Crippen LogP contribution in [0.2, 0.25) is 0 Å². The maximum absolute atomic E-state index is 6.33. The monoisotopic (exact) mass is 312 g/mol. The van der Waals surface area contributed by atoms with Crippen LogP contribution in [0.1, 0.15) is 51.7 Å². The van der Waals surface area contributed by atoms with Crippen molar-refractivity contribution in [2.45, 2.75) is 52.5 Å². The Kier molecular flexibility index (Phi) is 5.78. The molecule has 2 aromatic rings. The van der Waals surface area contributed by atoms with Gasteiger partial charge in [0.2, 0.25) is 0 Å². The van der Waals surface area contributed by atoms with Gasteiger partial charge in [-0.25, -0.2) is 0 Å². The lowest BCUT2D eigenvalue weighted by Crippen LogP contribution is -2.28. The highest BCUT2D eigenvalue weighted by atomic mass is 16.5. The number of unbranched alkanes of at least 4 members (excludes halogenated alkanes) is 1. The normalized spacial score (nSPS) is 11.5. The van der Waals surface area contributed by atoms with Gasteiger partial charge in [0.15, 0.2) is 0 Å². The van der Waals surface area contributed by atoms with Gasteiger partial charge in [0.25, 0.3) is 0 Å². The Hall–Kier alpha value is -1.87. The van der Waals surface area contributed by atoms with E-state index in [0.29, 0.717) is 0 Å². The van der Waals surface area contributed by atoms with E-state index < -0.39 is 5.54 Å². The molecule has 0 spiro atoms. The van der Waals surface area contributed by atoms with Crippen LogP contribution in [0.4, 0.5) is 0 Å². The summed E-state index contributed by atoms with van der Waals surface area (Å²) < 4.78 is 5.95. The van der Waals surface area contributed by atoms with Gasteiger partial charge in [-0.2, -0.15) is 0 Å². The van der Waals surface area contributed by atoms with Gasteiger partial charge < -0.3 is 10.5 Å². The number of nitrogens with two attached hydrogens (primary N) is 1. The van der Waals surface area contributed by atoms with Gasteiger partial charge in [0.05, 0.1) is 6.61 Å². The average Bonchev–Trinajstić information content (AvgIpc) is 2.54. The Morgan fingerprint density at radius 1 is 1.17 bits per heavy atom. The number of benzene rings is 1. The molecule has 0 aliphatic carbocycles. The van der Waals surface area contributed by atoms with E-state index in [1.807, 2.05) is 26.2 Å². The molecule has 124 valence electrons. The molecular formula is C20H28N2O. The quantitative estimate of drug-likeness (QED) is 0.755. The number of aryl methyl sites for hydroxylation is 1. The maximum atomic E-state index is 6.33. The average molecular weight is 312 g/mol. The Balaban J connectivity index is 2.47. The molecule has 0 saturated heterocycles. The molecule has 1 heterocycles. The molecular weight excluding hydrogens is 284 g/mol. The van der Waals surface area contributed by atoms with Gasteiger partial charge >= 0.3 is 0 Å². The van der Waals surface area contributed by atoms with E-state index in [-0.39, 0.29) is 0 Å². The summed E-state index contributed by atoms with van der Waals surface area (Å²) in [6.07, 6.45) is 6.91. The minimum absolute atomic E-state index is 0.404. The zero-order chi connectivity index (χ0) is 16.9. The molecule has 0 fully saturated rings. The molecule has 0 saturated carbocycles. The molecule has 3 nitrogen and oxygen atoms in total. The molecule has 1 aromatic heterocycles. The van der Waals surface area contributed by atoms with Gasteiger partial charge in [-0.1, -0.05) is 20.3 Å². The van der Waals surface area contributed by atoms with Crippen LogP contribution < -0.4 is 10.5 Å². The summed E-state index contributed by atoms with van der Waals surface area (Å²) >= 11 is 0. The number of rotatable bonds is 7. The fourth-order valence-electron chi connectivity index (χ4n) is 2.53. The molecule has 0 aliphatic heterocycles. The predicted octanol–water partition coefficient (Wildman–Crippen LogP) is 4.68. The minimum Gasteiger partial charge on any atom is -0.494 e. The third kappa shape index (κ3) is 4.55. The first-order valence-electron chi connectivity index (χ1n) is 8.46. The molecule has 0 amide bonds. The van der Waals surface area contributed by atoms with E-state index in [9.17, 15) is 0 Å². The first-order valence-corrected chi connectivity index (χ1v) is 8.46. The third-order valence-electron chi connectivity index (χ3n) is 4.01. The lowest BCUT2D eigenvalue weighted by molar-refractivity contribution is 0.308. The standard InChI is InChI=1S/C20H28N2O/c1-5-7-10-23-18-12-16(11-17(13-18)20(3,4)21)19-8-9-22-14-15(19)6-2/h8-9,11-14H,5-7,10,21H2,1-4H3. The lowest BCUT2D eigenvalue weighted by Gasteiger charge is -2.22. The van der Waals surface area contributed by atoms with Crippen molar-refractivity contribution in [1.29, 1.82) is 0 Å². The van der Waals surface area contributed by atoms with Crippen molar-refractivity contribution in [3.63, 3.8) is 0 Å². The second-order valence-electron chi connectivity index (χ2n) is 6.56. The highest BCUT2D eigenvalue weighted by molar-refractivity contribution is 5.69. The largest absolute Gasteiger partial charge is 0.494 e. The van der Waals surface area contributed by atoms with Crippen LogP contribution in [0.15, 0.2) is 36.7 Å². The number of nitrogens with zero attached hydrogens (tertiary/aromatic N) is 1. The first kappa shape index (κ1) is 17.5. The van der Waals surface area contributed by atoms with E-state index in [2.05, 4.69) is 43.1 Å². The lowest BCUT2D eigenvalue weighted by atomic mass is 9.91. The van der Waals surface area contributed by atoms with E-state index >= 15 is 0 Å². The first-order chi connectivity index (χ1) is 11.0. The zero-order valence-corrected chi connectivity index (χ0v) is 14.7. The Morgan fingerprint density at radius 3 is 2.61 bits per heavy atom. The van der Waals surface area contributed by atoms with Gasteiger partial charge in [0.1, 0.15) is 5.75 Å². The smallest absolute Gasteiger partial charge is 0.120 e. The Bertz CT molecular complexity index is 644. The predicted molar refractivity (Wildman–Crippen MR) is 96.7 cm³/mol. The van der Waals surface area contributed by atoms with Crippen molar-refractivity contribution in [3.8, 4) is 16.9 Å². The van der Waals surface area contributed by atoms with E-state index in [1.165, 1.54) is 11.1 Å². The van der Waals surface area contributed by atoms with Crippen LogP contribution >= 0.6 is 0 Å². The second-order valence-corrected chi connectivity index (χ2v) is 6.56. The van der Waals surface area contributed by atoms with Crippen molar-refractivity contribution < 1.29 is 4.74 Å². The van der Waals surface area contributed by atoms with Gasteiger partial charge in [-0.3, -0.25) is 4.98 Å². The number of hydrogen-bond acceptors (Lipinski definition) is 3. The molecule has 0 atom stereocenters. The van der Waals surface area contributed by atoms with Crippen LogP contribution in [0.25, 0.3) is 11.1 Å². The third-order valence-corrected chi connectivity index (χ3v) is 4.01. The number of hydrogen-bond donors (Lipinski definition) is 1. The molecule has 0 bridgehead atoms. The summed E-state index contributed by atoms with van der Waals surface area (Å²) in [5.74, 6) is 0.892. The molecule has 23 heavy (non-hydrogen) atoms. The van der Waals surface area contributed by atoms with Crippen LogP contribution in [0.3, 0.4) is 0 Å². The highest BCUT2D eigenvalue weighted by Crippen LogP contribution is 2.32. The second kappa shape index (κ2) is 7.60. The van der Waals surface area contributed by atoms with Gasteiger partial charge in [-0.15, -0.1) is 0 Å². The Morgan fingerprint density at radius 2 is 1.96 bits per heavy atom. The van der Waals surface area contributed by atoms with Crippen LogP contribution in [-0.2, 0) is 12.0 Å². The van der Waals surface area contributed by atoms with Gasteiger partial charge in [0, 0.05) is 17.9 Å². The van der Waals surface area contributed by atoms with E-state index in [4.69, 9.17) is 10.5 Å². The highest BCUT2D eigenvalue weighted by Gasteiger charge is 2.17. The Labute approximate surface area is 139 Å². The molecule has 0 unspecified atom stereocenters. The summed E-state index contributed by atoms with van der Waals surface area (Å²) in [5.41, 5.74) is 10.6. The fourth-order valence-corrected chi connectivity index (χ4v) is 2.53. The molecule has 0 aliphatic rings. The van der Waals surface area contributed by atoms with Crippen LogP contribution in [-0.4, -0.2) is 11.6 Å². The molecule has 2 N–H and O–H groups in total. The molecule has 0 radical (unpaired) electrons. The van der Waals surface area contributed by atoms with Crippen LogP contribution in [0, 0.1) is 0 Å². The summed E-state index contributed by atoms with van der Waals surface area (Å²) in [6.45, 7) is 9.10. The van der Waals surface area contributed by atoms with Crippen molar-refractivity contribution in [2.24, 2.45) is 5.73 Å². The number of aromatic nitrogens is 1. The van der Waals surface area contributed by atoms with E-state index in [0.717, 1.165) is 42.7 Å². The molecule has 3 heteroatoms. The summed E-state index contributed by atoms with van der Waals surface area (Å²) in [6, 6.07) is 8.41. The maximum Gasteiger partial charge on any atom is 0.120 e. The van der Waals surface area contributed by atoms with Crippen molar-refractivity contribution >= 4 is 0 Å². The summed E-state index contributed by atoms with van der Waals surface area (Å²) in [4.78, 5) is 4.24. The minimum atomic E-state index is -0.404. The van der Waals surface area contributed by atoms with Gasteiger partial charge in [-0.05, 0) is 73.2 Å². The van der Waals surface area contributed by atoms with Crippen molar-refractivity contribution in [1.82, 2.24) is 4.98 Å². The molecule has 2 rings (SSSR count). The summed E-state index contributed by atoms with van der Waals surface area (Å²) in [7, 11) is 0. The number of ether oxygens (including phenoxy) is 1. The topological polar surface area (TPSA) is 48.1 Å². The van der Waals surface area contributed by atoms with Crippen molar-refractivity contribution in [3.05, 3.63) is 47.8 Å². The fraction of sp³-hybridized carbons (Fsp3) is 0.450.